The zero-order chi connectivity index (χ0) is 14.3. The molecule has 104 valence electrons. The average molecular weight is 284 g/mol. The number of carbonyl (C=O) groups excluding carboxylic acids is 2. The minimum Gasteiger partial charge on any atom is -0.354 e. The van der Waals surface area contributed by atoms with Gasteiger partial charge in [-0.2, -0.15) is 0 Å². The van der Waals surface area contributed by atoms with E-state index >= 15 is 0 Å². The molecule has 0 aliphatic carbocycles. The molecule has 1 aromatic rings. The largest absolute Gasteiger partial charge is 0.354 e. The number of hydrogen-bond acceptors (Lipinski definition) is 2. The first-order valence-corrected chi connectivity index (χ1v) is 6.52. The molecule has 19 heavy (non-hydrogen) atoms. The van der Waals surface area contributed by atoms with Gasteiger partial charge in [-0.15, -0.1) is 0 Å². The van der Waals surface area contributed by atoms with E-state index in [-0.39, 0.29) is 5.91 Å². The summed E-state index contributed by atoms with van der Waals surface area (Å²) in [7, 11) is 0. The van der Waals surface area contributed by atoms with Crippen LogP contribution in [0.25, 0.3) is 0 Å². The summed E-state index contributed by atoms with van der Waals surface area (Å²) in [5.74, 6) is -0.212. The van der Waals surface area contributed by atoms with Crippen molar-refractivity contribution >= 4 is 29.2 Å². The number of anilines is 1. The van der Waals surface area contributed by atoms with Gasteiger partial charge in [0.15, 0.2) is 0 Å². The predicted molar refractivity (Wildman–Crippen MR) is 76.4 cm³/mol. The highest BCUT2D eigenvalue weighted by atomic mass is 35.5. The standard InChI is InChI=1S/C13H18ClN3O2/c1-3-8-15-12(18)9(2)16-13(19)17-11-7-5-4-6-10(11)14/h4-7,9H,3,8H2,1-2H3,(H,15,18)(H2,16,17,19). The fourth-order valence-corrected chi connectivity index (χ4v) is 1.57. The van der Waals surface area contributed by atoms with Crippen LogP contribution in [0.4, 0.5) is 10.5 Å². The van der Waals surface area contributed by atoms with Gasteiger partial charge in [0.05, 0.1) is 10.7 Å². The van der Waals surface area contributed by atoms with E-state index in [2.05, 4.69) is 16.0 Å². The highest BCUT2D eigenvalue weighted by molar-refractivity contribution is 6.33. The molecule has 0 aliphatic heterocycles. The van der Waals surface area contributed by atoms with Gasteiger partial charge in [0.2, 0.25) is 5.91 Å². The second kappa shape index (κ2) is 7.63. The number of urea groups is 1. The van der Waals surface area contributed by atoms with Crippen molar-refractivity contribution in [3.8, 4) is 0 Å². The lowest BCUT2D eigenvalue weighted by Gasteiger charge is -2.14. The van der Waals surface area contributed by atoms with E-state index in [1.807, 2.05) is 6.92 Å². The van der Waals surface area contributed by atoms with Crippen molar-refractivity contribution in [3.63, 3.8) is 0 Å². The molecule has 1 aromatic carbocycles. The van der Waals surface area contributed by atoms with Crippen LogP contribution in [0.1, 0.15) is 20.3 Å². The Labute approximate surface area is 117 Å². The smallest absolute Gasteiger partial charge is 0.319 e. The van der Waals surface area contributed by atoms with Crippen molar-refractivity contribution in [2.45, 2.75) is 26.3 Å². The van der Waals surface area contributed by atoms with Crippen molar-refractivity contribution < 1.29 is 9.59 Å². The summed E-state index contributed by atoms with van der Waals surface area (Å²) in [6.45, 7) is 4.18. The molecule has 0 spiro atoms. The zero-order valence-electron chi connectivity index (χ0n) is 11.0. The Morgan fingerprint density at radius 3 is 2.63 bits per heavy atom. The molecule has 0 heterocycles. The molecule has 0 saturated carbocycles. The van der Waals surface area contributed by atoms with Crippen molar-refractivity contribution in [1.82, 2.24) is 10.6 Å². The number of amides is 3. The molecule has 6 heteroatoms. The Balaban J connectivity index is 2.47. The van der Waals surface area contributed by atoms with Crippen molar-refractivity contribution in [3.05, 3.63) is 29.3 Å². The van der Waals surface area contributed by atoms with Gasteiger partial charge in [-0.25, -0.2) is 4.79 Å². The number of para-hydroxylation sites is 1. The van der Waals surface area contributed by atoms with Gasteiger partial charge in [-0.1, -0.05) is 30.7 Å². The summed E-state index contributed by atoms with van der Waals surface area (Å²) >= 11 is 5.91. The topological polar surface area (TPSA) is 70.2 Å². The van der Waals surface area contributed by atoms with Crippen LogP contribution in [0, 0.1) is 0 Å². The monoisotopic (exact) mass is 283 g/mol. The van der Waals surface area contributed by atoms with Gasteiger partial charge in [0.1, 0.15) is 6.04 Å². The van der Waals surface area contributed by atoms with Crippen molar-refractivity contribution in [1.29, 1.82) is 0 Å². The van der Waals surface area contributed by atoms with Gasteiger partial charge < -0.3 is 16.0 Å². The fraction of sp³-hybridized carbons (Fsp3) is 0.385. The predicted octanol–water partition coefficient (Wildman–Crippen LogP) is 2.38. The lowest BCUT2D eigenvalue weighted by atomic mass is 10.3. The Hall–Kier alpha value is -1.75. The van der Waals surface area contributed by atoms with Gasteiger partial charge in [0, 0.05) is 6.54 Å². The lowest BCUT2D eigenvalue weighted by Crippen LogP contribution is -2.46. The van der Waals surface area contributed by atoms with Crippen LogP contribution in [-0.4, -0.2) is 24.5 Å². The van der Waals surface area contributed by atoms with Crippen LogP contribution in [0.5, 0.6) is 0 Å². The van der Waals surface area contributed by atoms with E-state index in [4.69, 9.17) is 11.6 Å². The van der Waals surface area contributed by atoms with E-state index in [9.17, 15) is 9.59 Å². The number of benzene rings is 1. The minimum absolute atomic E-state index is 0.212. The van der Waals surface area contributed by atoms with Crippen LogP contribution in [0.3, 0.4) is 0 Å². The Morgan fingerprint density at radius 1 is 1.32 bits per heavy atom. The van der Waals surface area contributed by atoms with Crippen LogP contribution in [0.2, 0.25) is 5.02 Å². The van der Waals surface area contributed by atoms with Crippen LogP contribution in [-0.2, 0) is 4.79 Å². The quantitative estimate of drug-likeness (QED) is 0.776. The molecule has 1 unspecified atom stereocenters. The van der Waals surface area contributed by atoms with Crippen LogP contribution >= 0.6 is 11.6 Å². The highest BCUT2D eigenvalue weighted by Crippen LogP contribution is 2.19. The molecule has 1 rings (SSSR count). The summed E-state index contributed by atoms with van der Waals surface area (Å²) in [6.07, 6.45) is 0.851. The van der Waals surface area contributed by atoms with Gasteiger partial charge in [-0.05, 0) is 25.5 Å². The maximum Gasteiger partial charge on any atom is 0.319 e. The average Bonchev–Trinajstić information content (AvgIpc) is 2.38. The number of carbonyl (C=O) groups is 2. The van der Waals surface area contributed by atoms with E-state index in [1.165, 1.54) is 0 Å². The van der Waals surface area contributed by atoms with E-state index in [0.717, 1.165) is 6.42 Å². The second-order valence-electron chi connectivity index (χ2n) is 4.09. The van der Waals surface area contributed by atoms with Crippen LogP contribution < -0.4 is 16.0 Å². The molecule has 0 saturated heterocycles. The first-order chi connectivity index (χ1) is 9.04. The highest BCUT2D eigenvalue weighted by Gasteiger charge is 2.15. The van der Waals surface area contributed by atoms with Crippen molar-refractivity contribution in [2.24, 2.45) is 0 Å². The minimum atomic E-state index is -0.603. The summed E-state index contributed by atoms with van der Waals surface area (Å²) < 4.78 is 0. The van der Waals surface area contributed by atoms with Gasteiger partial charge >= 0.3 is 6.03 Å². The summed E-state index contributed by atoms with van der Waals surface area (Å²) in [4.78, 5) is 23.3. The fourth-order valence-electron chi connectivity index (χ4n) is 1.38. The van der Waals surface area contributed by atoms with Crippen molar-refractivity contribution in [2.75, 3.05) is 11.9 Å². The molecule has 0 aromatic heterocycles. The summed E-state index contributed by atoms with van der Waals surface area (Å²) in [6, 6.07) is 5.82. The van der Waals surface area contributed by atoms with Gasteiger partial charge in [0.25, 0.3) is 0 Å². The van der Waals surface area contributed by atoms with Gasteiger partial charge in [-0.3, -0.25) is 4.79 Å². The van der Waals surface area contributed by atoms with E-state index < -0.39 is 12.1 Å². The first-order valence-electron chi connectivity index (χ1n) is 6.14. The summed E-state index contributed by atoms with van der Waals surface area (Å²) in [5, 5.41) is 8.28. The SMILES string of the molecule is CCCNC(=O)C(C)NC(=O)Nc1ccccc1Cl. The summed E-state index contributed by atoms with van der Waals surface area (Å²) in [5.41, 5.74) is 0.503. The Bertz CT molecular complexity index is 451. The Morgan fingerprint density at radius 2 is 2.00 bits per heavy atom. The number of nitrogens with one attached hydrogen (secondary N) is 3. The third-order valence-electron chi connectivity index (χ3n) is 2.41. The molecular formula is C13H18ClN3O2. The molecule has 3 amide bonds. The molecule has 1 atom stereocenters. The number of rotatable bonds is 5. The maximum absolute atomic E-state index is 11.7. The van der Waals surface area contributed by atoms with E-state index in [1.54, 1.807) is 31.2 Å². The first kappa shape index (κ1) is 15.3. The maximum atomic E-state index is 11.7. The molecule has 0 radical (unpaired) electrons. The molecule has 0 fully saturated rings. The normalized spacial score (nSPS) is 11.5. The number of halogens is 1. The molecule has 0 aliphatic rings. The second-order valence-corrected chi connectivity index (χ2v) is 4.50. The number of hydrogen-bond donors (Lipinski definition) is 3. The zero-order valence-corrected chi connectivity index (χ0v) is 11.8. The molecular weight excluding hydrogens is 266 g/mol. The third kappa shape index (κ3) is 5.18. The Kier molecular flexibility index (Phi) is 6.15. The van der Waals surface area contributed by atoms with Crippen LogP contribution in [0.15, 0.2) is 24.3 Å². The third-order valence-corrected chi connectivity index (χ3v) is 2.74. The van der Waals surface area contributed by atoms with E-state index in [0.29, 0.717) is 17.3 Å². The molecule has 3 N–H and O–H groups in total. The molecule has 5 nitrogen and oxygen atoms in total. The molecule has 0 bridgehead atoms. The lowest BCUT2D eigenvalue weighted by molar-refractivity contribution is -0.122.